The summed E-state index contributed by atoms with van der Waals surface area (Å²) in [7, 11) is 4.51. The number of hydrogen-bond acceptors (Lipinski definition) is 3. The number of likely N-dealkylation sites (N-methyl/N-ethyl adjacent to an activating group) is 1. The number of thiophene rings is 1. The number of carbonyl (C=O) groups excluding carboxylic acids is 1. The van der Waals surface area contributed by atoms with Crippen LogP contribution in [0.1, 0.15) is 49.0 Å². The zero-order chi connectivity index (χ0) is 22.8. The second-order valence-corrected chi connectivity index (χ2v) is 11.1. The van der Waals surface area contributed by atoms with Crippen LogP contribution >= 0.6 is 11.3 Å². The summed E-state index contributed by atoms with van der Waals surface area (Å²) in [5.74, 6) is -0.268. The Kier molecular flexibility index (Phi) is 7.03. The van der Waals surface area contributed by atoms with Gasteiger partial charge in [-0.1, -0.05) is 31.0 Å². The molecule has 1 aromatic carbocycles. The highest BCUT2D eigenvalue weighted by Crippen LogP contribution is 2.44. The minimum absolute atomic E-state index is 0.0225. The highest BCUT2D eigenvalue weighted by molar-refractivity contribution is 7.10. The molecule has 0 bridgehead atoms. The van der Waals surface area contributed by atoms with E-state index in [1.807, 2.05) is 34.5 Å². The summed E-state index contributed by atoms with van der Waals surface area (Å²) in [6.45, 7) is 2.37. The Bertz CT molecular complexity index is 885. The van der Waals surface area contributed by atoms with E-state index in [9.17, 15) is 14.3 Å². The number of nitrogens with zero attached hydrogens (tertiary/aromatic N) is 2. The fourth-order valence-electron chi connectivity index (χ4n) is 5.58. The van der Waals surface area contributed by atoms with Gasteiger partial charge in [0.05, 0.1) is 26.7 Å². The molecule has 1 amide bonds. The maximum Gasteiger partial charge on any atom is 0.260 e. The topological polar surface area (TPSA) is 40.5 Å². The van der Waals surface area contributed by atoms with Crippen molar-refractivity contribution in [3.8, 4) is 0 Å². The number of halogens is 1. The summed E-state index contributed by atoms with van der Waals surface area (Å²) in [5, 5.41) is 13.7. The lowest BCUT2D eigenvalue weighted by molar-refractivity contribution is -0.916. The highest BCUT2D eigenvalue weighted by Gasteiger charge is 2.50. The average Bonchev–Trinajstić information content (AvgIpc) is 3.53. The van der Waals surface area contributed by atoms with Crippen molar-refractivity contribution >= 4 is 17.2 Å². The van der Waals surface area contributed by atoms with Crippen molar-refractivity contribution in [2.45, 2.75) is 56.6 Å². The maximum absolute atomic E-state index is 13.6. The Balaban J connectivity index is 1.38. The molecule has 2 heterocycles. The molecule has 6 heteroatoms. The van der Waals surface area contributed by atoms with Crippen molar-refractivity contribution < 1.29 is 18.8 Å². The molecule has 4 rings (SSSR count). The molecule has 0 spiro atoms. The molecule has 1 N–H and O–H groups in total. The molecule has 174 valence electrons. The second-order valence-electron chi connectivity index (χ2n) is 10.1. The van der Waals surface area contributed by atoms with Gasteiger partial charge in [-0.15, -0.1) is 11.3 Å². The lowest BCUT2D eigenvalue weighted by Crippen LogP contribution is -2.58. The molecule has 2 aliphatic rings. The van der Waals surface area contributed by atoms with E-state index in [-0.39, 0.29) is 17.6 Å². The molecule has 1 saturated carbocycles. The van der Waals surface area contributed by atoms with E-state index in [0.717, 1.165) is 66.4 Å². The molecule has 2 fully saturated rings. The monoisotopic (exact) mass is 459 g/mol. The lowest BCUT2D eigenvalue weighted by Gasteiger charge is -2.45. The van der Waals surface area contributed by atoms with Gasteiger partial charge in [-0.3, -0.25) is 4.79 Å². The Labute approximate surface area is 195 Å². The van der Waals surface area contributed by atoms with E-state index in [2.05, 4.69) is 14.1 Å². The van der Waals surface area contributed by atoms with E-state index in [0.29, 0.717) is 19.1 Å². The van der Waals surface area contributed by atoms with Crippen molar-refractivity contribution in [2.75, 3.05) is 33.7 Å². The molecule has 2 aromatic rings. The molecular weight excluding hydrogens is 423 g/mol. The van der Waals surface area contributed by atoms with Crippen LogP contribution in [-0.4, -0.2) is 60.2 Å². The van der Waals surface area contributed by atoms with Gasteiger partial charge in [0.25, 0.3) is 5.91 Å². The van der Waals surface area contributed by atoms with E-state index in [1.54, 1.807) is 0 Å². The van der Waals surface area contributed by atoms with Gasteiger partial charge in [0.2, 0.25) is 0 Å². The summed E-state index contributed by atoms with van der Waals surface area (Å²) in [6.07, 6.45) is 6.81. The number of quaternary nitrogens is 1. The third-order valence-electron chi connectivity index (χ3n) is 7.80. The molecule has 1 aromatic heterocycles. The van der Waals surface area contributed by atoms with Gasteiger partial charge in [-0.2, -0.15) is 0 Å². The van der Waals surface area contributed by atoms with Crippen LogP contribution < -0.4 is 0 Å². The number of amides is 1. The van der Waals surface area contributed by atoms with E-state index >= 15 is 0 Å². The third kappa shape index (κ3) is 4.78. The normalized spacial score (nSPS) is 20.4. The first-order chi connectivity index (χ1) is 15.3. The van der Waals surface area contributed by atoms with Crippen molar-refractivity contribution in [3.05, 3.63) is 58.0 Å². The van der Waals surface area contributed by atoms with Crippen LogP contribution in [-0.2, 0) is 16.8 Å². The van der Waals surface area contributed by atoms with Gasteiger partial charge < -0.3 is 14.5 Å². The van der Waals surface area contributed by atoms with Gasteiger partial charge in [-0.25, -0.2) is 4.39 Å². The van der Waals surface area contributed by atoms with Crippen LogP contribution in [0.3, 0.4) is 0 Å². The predicted octanol–water partition coefficient (Wildman–Crippen LogP) is 4.58. The summed E-state index contributed by atoms with van der Waals surface area (Å²) in [4.78, 5) is 16.4. The molecule has 4 nitrogen and oxygen atoms in total. The fraction of sp³-hybridized carbons (Fsp3) is 0.577. The number of hydrogen-bond donors (Lipinski definition) is 1. The summed E-state index contributed by atoms with van der Waals surface area (Å²) < 4.78 is 14.1. The van der Waals surface area contributed by atoms with Crippen LogP contribution in [0.5, 0.6) is 0 Å². The van der Waals surface area contributed by atoms with E-state index in [1.165, 1.54) is 23.5 Å². The number of aliphatic hydroxyl groups is 1. The zero-order valence-corrected chi connectivity index (χ0v) is 20.1. The first-order valence-corrected chi connectivity index (χ1v) is 12.8. The van der Waals surface area contributed by atoms with Crippen LogP contribution in [0.2, 0.25) is 0 Å². The number of benzene rings is 1. The maximum atomic E-state index is 13.6. The second kappa shape index (κ2) is 9.62. The Morgan fingerprint density at radius 3 is 2.38 bits per heavy atom. The number of rotatable bonds is 7. The first kappa shape index (κ1) is 23.4. The molecule has 1 saturated heterocycles. The number of likely N-dealkylation sites (tertiary alicyclic amines) is 1. The van der Waals surface area contributed by atoms with Crippen LogP contribution in [0.25, 0.3) is 0 Å². The first-order valence-electron chi connectivity index (χ1n) is 11.9. The van der Waals surface area contributed by atoms with E-state index in [4.69, 9.17) is 0 Å². The van der Waals surface area contributed by atoms with Crippen LogP contribution in [0.15, 0.2) is 41.8 Å². The van der Waals surface area contributed by atoms with Crippen LogP contribution in [0.4, 0.5) is 4.39 Å². The molecule has 32 heavy (non-hydrogen) atoms. The quantitative estimate of drug-likeness (QED) is 0.616. The summed E-state index contributed by atoms with van der Waals surface area (Å²) in [5.41, 5.74) is -0.215. The Morgan fingerprint density at radius 1 is 1.12 bits per heavy atom. The highest BCUT2D eigenvalue weighted by atomic mass is 32.1. The van der Waals surface area contributed by atoms with Crippen molar-refractivity contribution in [1.82, 2.24) is 4.90 Å². The van der Waals surface area contributed by atoms with E-state index < -0.39 is 5.60 Å². The van der Waals surface area contributed by atoms with Crippen molar-refractivity contribution in [3.63, 3.8) is 0 Å². The largest absolute Gasteiger partial charge is 0.374 e. The lowest BCUT2D eigenvalue weighted by atomic mass is 9.82. The Hall–Kier alpha value is -1.76. The minimum Gasteiger partial charge on any atom is -0.374 e. The SMILES string of the molecule is C[N+](C)(CCc1ccc(F)cc1)C1CCN(C(=O)C(O)(c2cccs2)C2CCCC2)CC1. The molecule has 1 atom stereocenters. The zero-order valence-electron chi connectivity index (χ0n) is 19.3. The molecule has 1 aliphatic carbocycles. The van der Waals surface area contributed by atoms with Crippen molar-refractivity contribution in [2.24, 2.45) is 5.92 Å². The summed E-state index contributed by atoms with van der Waals surface area (Å²) >= 11 is 1.50. The predicted molar refractivity (Wildman–Crippen MR) is 127 cm³/mol. The number of carbonyl (C=O) groups is 1. The van der Waals surface area contributed by atoms with Gasteiger partial charge >= 0.3 is 0 Å². The molecule has 1 unspecified atom stereocenters. The molecule has 0 radical (unpaired) electrons. The van der Waals surface area contributed by atoms with Gasteiger partial charge in [0.1, 0.15) is 5.82 Å². The van der Waals surface area contributed by atoms with Crippen molar-refractivity contribution in [1.29, 1.82) is 0 Å². The molecule has 1 aliphatic heterocycles. The van der Waals surface area contributed by atoms with Gasteiger partial charge in [0.15, 0.2) is 5.60 Å². The smallest absolute Gasteiger partial charge is 0.260 e. The standard InChI is InChI=1S/C26H36FN2O2S/c1-29(2,18-15-20-9-11-22(27)12-10-20)23-13-16-28(17-14-23)25(30)26(31,21-6-3-4-7-21)24-8-5-19-32-24/h5,8-12,19,21,23,31H,3-4,6-7,13-18H2,1-2H3/q+1. The third-order valence-corrected chi connectivity index (χ3v) is 8.79. The average molecular weight is 460 g/mol. The van der Waals surface area contributed by atoms with Crippen LogP contribution in [0, 0.1) is 11.7 Å². The molecular formula is C26H36FN2O2S+. The van der Waals surface area contributed by atoms with Gasteiger partial charge in [0, 0.05) is 43.1 Å². The minimum atomic E-state index is -1.37. The Morgan fingerprint density at radius 2 is 1.78 bits per heavy atom. The fourth-order valence-corrected chi connectivity index (χ4v) is 6.47. The van der Waals surface area contributed by atoms with Gasteiger partial charge in [-0.05, 0) is 42.0 Å². The summed E-state index contributed by atoms with van der Waals surface area (Å²) in [6, 6.07) is 11.1. The number of piperidine rings is 1.